The molecule has 0 bridgehead atoms. The average Bonchev–Trinajstić information content (AvgIpc) is 2.96. The largest absolute Gasteiger partial charge is 0.352 e. The predicted octanol–water partition coefficient (Wildman–Crippen LogP) is 1.15. The third-order valence-electron chi connectivity index (χ3n) is 3.74. The summed E-state index contributed by atoms with van der Waals surface area (Å²) in [6.07, 6.45) is 3.57. The van der Waals surface area contributed by atoms with E-state index in [4.69, 9.17) is 0 Å². The summed E-state index contributed by atoms with van der Waals surface area (Å²) in [6.45, 7) is 3.57. The summed E-state index contributed by atoms with van der Waals surface area (Å²) in [5, 5.41) is 10.5. The molecule has 0 saturated heterocycles. The fourth-order valence-corrected chi connectivity index (χ4v) is 2.52. The molecule has 3 rings (SSSR count). The zero-order valence-corrected chi connectivity index (χ0v) is 13.3. The normalized spacial score (nSPS) is 11.0. The minimum Gasteiger partial charge on any atom is -0.352 e. The van der Waals surface area contributed by atoms with Gasteiger partial charge in [-0.3, -0.25) is 14.0 Å². The number of carbonyl (C=O) groups is 1. The number of hydrogen-bond acceptors (Lipinski definition) is 4. The van der Waals surface area contributed by atoms with Crippen LogP contribution in [0.5, 0.6) is 0 Å². The van der Waals surface area contributed by atoms with E-state index in [1.807, 2.05) is 0 Å². The molecule has 3 aromatic rings. The molecule has 0 aliphatic rings. The number of benzene rings is 1. The molecule has 0 spiro atoms. The van der Waals surface area contributed by atoms with E-state index in [0.29, 0.717) is 35.5 Å². The Morgan fingerprint density at radius 3 is 2.71 bits per heavy atom. The lowest BCUT2D eigenvalue weighted by Gasteiger charge is -2.08. The maximum absolute atomic E-state index is 13.6. The predicted molar refractivity (Wildman–Crippen MR) is 85.5 cm³/mol. The number of halogens is 1. The Hall–Kier alpha value is -3.03. The highest BCUT2D eigenvalue weighted by Gasteiger charge is 2.12. The summed E-state index contributed by atoms with van der Waals surface area (Å²) >= 11 is 0. The van der Waals surface area contributed by atoms with Gasteiger partial charge in [-0.2, -0.15) is 0 Å². The van der Waals surface area contributed by atoms with E-state index in [-0.39, 0.29) is 22.9 Å². The number of carbonyl (C=O) groups excluding carboxylic acids is 1. The number of H-pyrrole nitrogens is 1. The number of amides is 1. The number of aromatic nitrogens is 4. The van der Waals surface area contributed by atoms with Crippen molar-refractivity contribution in [1.29, 1.82) is 0 Å². The second kappa shape index (κ2) is 6.23. The number of hydrogen-bond donors (Lipinski definition) is 2. The fraction of sp³-hybridized carbons (Fsp3) is 0.250. The second-order valence-corrected chi connectivity index (χ2v) is 5.53. The molecule has 2 N–H and O–H groups in total. The molecule has 7 nitrogen and oxygen atoms in total. The van der Waals surface area contributed by atoms with Crippen molar-refractivity contribution in [2.24, 2.45) is 0 Å². The third kappa shape index (κ3) is 2.90. The first kappa shape index (κ1) is 15.9. The van der Waals surface area contributed by atoms with Crippen LogP contribution in [0, 0.1) is 19.7 Å². The van der Waals surface area contributed by atoms with Crippen molar-refractivity contribution in [2.45, 2.75) is 20.3 Å². The smallest absolute Gasteiger partial charge is 0.293 e. The van der Waals surface area contributed by atoms with E-state index in [2.05, 4.69) is 20.5 Å². The van der Waals surface area contributed by atoms with Gasteiger partial charge < -0.3 is 10.3 Å². The van der Waals surface area contributed by atoms with E-state index in [1.165, 1.54) is 18.3 Å². The van der Waals surface area contributed by atoms with Gasteiger partial charge in [0, 0.05) is 30.9 Å². The molecule has 24 heavy (non-hydrogen) atoms. The van der Waals surface area contributed by atoms with Gasteiger partial charge in [0.15, 0.2) is 0 Å². The van der Waals surface area contributed by atoms with Crippen molar-refractivity contribution < 1.29 is 9.18 Å². The molecule has 0 saturated carbocycles. The summed E-state index contributed by atoms with van der Waals surface area (Å²) in [4.78, 5) is 26.3. The first-order valence-electron chi connectivity index (χ1n) is 7.43. The highest BCUT2D eigenvalue weighted by atomic mass is 19.1. The van der Waals surface area contributed by atoms with Gasteiger partial charge in [0.25, 0.3) is 11.5 Å². The monoisotopic (exact) mass is 329 g/mol. The molecule has 2 aromatic heterocycles. The Bertz CT molecular complexity index is 953. The van der Waals surface area contributed by atoms with E-state index < -0.39 is 0 Å². The number of aromatic amines is 1. The molecule has 0 aliphatic heterocycles. The highest BCUT2D eigenvalue weighted by molar-refractivity contribution is 5.94. The van der Waals surface area contributed by atoms with Crippen LogP contribution in [0.4, 0.5) is 4.39 Å². The first-order valence-corrected chi connectivity index (χ1v) is 7.43. The summed E-state index contributed by atoms with van der Waals surface area (Å²) in [6, 6.07) is 3.04. The van der Waals surface area contributed by atoms with Gasteiger partial charge in [0.2, 0.25) is 5.65 Å². The molecule has 0 radical (unpaired) electrons. The van der Waals surface area contributed by atoms with Crippen molar-refractivity contribution >= 4 is 11.6 Å². The molecular formula is C16H16FN5O2. The molecule has 0 unspecified atom stereocenters. The molecule has 0 atom stereocenters. The Morgan fingerprint density at radius 1 is 1.29 bits per heavy atom. The molecule has 0 fully saturated rings. The lowest BCUT2D eigenvalue weighted by molar-refractivity contribution is 0.0953. The Balaban J connectivity index is 1.69. The van der Waals surface area contributed by atoms with E-state index in [1.54, 1.807) is 24.4 Å². The minimum atomic E-state index is -0.322. The van der Waals surface area contributed by atoms with Crippen molar-refractivity contribution in [3.8, 4) is 0 Å². The van der Waals surface area contributed by atoms with Crippen molar-refractivity contribution in [3.05, 3.63) is 63.2 Å². The maximum atomic E-state index is 13.6. The van der Waals surface area contributed by atoms with E-state index in [9.17, 15) is 14.0 Å². The molecule has 8 heteroatoms. The third-order valence-corrected chi connectivity index (χ3v) is 3.74. The number of fused-ring (bicyclic) bond motifs is 1. The second-order valence-electron chi connectivity index (χ2n) is 5.53. The van der Waals surface area contributed by atoms with Crippen LogP contribution in [0.1, 0.15) is 27.3 Å². The number of nitrogens with one attached hydrogen (secondary N) is 2. The van der Waals surface area contributed by atoms with Gasteiger partial charge in [0.05, 0.1) is 0 Å². The molecule has 1 aromatic carbocycles. The van der Waals surface area contributed by atoms with Gasteiger partial charge in [0.1, 0.15) is 11.6 Å². The van der Waals surface area contributed by atoms with Crippen molar-refractivity contribution in [1.82, 2.24) is 24.9 Å². The summed E-state index contributed by atoms with van der Waals surface area (Å²) in [5.74, 6) is -0.0116. The van der Waals surface area contributed by atoms with Crippen LogP contribution in [0.25, 0.3) is 5.65 Å². The van der Waals surface area contributed by atoms with Gasteiger partial charge in [-0.05, 0) is 37.1 Å². The summed E-state index contributed by atoms with van der Waals surface area (Å²) in [7, 11) is 0. The topological polar surface area (TPSA) is 92.2 Å². The molecule has 124 valence electrons. The van der Waals surface area contributed by atoms with Crippen LogP contribution in [-0.2, 0) is 6.42 Å². The van der Waals surface area contributed by atoms with Crippen LogP contribution >= 0.6 is 0 Å². The van der Waals surface area contributed by atoms with Crippen LogP contribution in [-0.4, -0.2) is 32.0 Å². The zero-order chi connectivity index (χ0) is 17.3. The van der Waals surface area contributed by atoms with Crippen LogP contribution in [0.2, 0.25) is 0 Å². The number of aryl methyl sites for hydroxylation is 2. The number of rotatable bonds is 4. The Labute approximate surface area is 136 Å². The van der Waals surface area contributed by atoms with Crippen molar-refractivity contribution in [3.63, 3.8) is 0 Å². The SMILES string of the molecule is Cc1cc(C(=O)NCCc2nnc3c(=O)[nH]ccn23)cc(C)c1F. The minimum absolute atomic E-state index is 0.212. The van der Waals surface area contributed by atoms with E-state index in [0.717, 1.165) is 0 Å². The molecule has 2 heterocycles. The maximum Gasteiger partial charge on any atom is 0.293 e. The summed E-state index contributed by atoms with van der Waals surface area (Å²) < 4.78 is 15.2. The van der Waals surface area contributed by atoms with Crippen LogP contribution < -0.4 is 10.9 Å². The number of nitrogens with zero attached hydrogens (tertiary/aromatic N) is 3. The zero-order valence-electron chi connectivity index (χ0n) is 13.3. The summed E-state index contributed by atoms with van der Waals surface area (Å²) in [5.41, 5.74) is 1.17. The Morgan fingerprint density at radius 2 is 2.00 bits per heavy atom. The quantitative estimate of drug-likeness (QED) is 0.751. The van der Waals surface area contributed by atoms with Crippen LogP contribution in [0.15, 0.2) is 29.3 Å². The molecule has 1 amide bonds. The van der Waals surface area contributed by atoms with Gasteiger partial charge >= 0.3 is 0 Å². The molecule has 0 aliphatic carbocycles. The van der Waals surface area contributed by atoms with Gasteiger partial charge in [-0.1, -0.05) is 0 Å². The lowest BCUT2D eigenvalue weighted by atomic mass is 10.1. The molecular weight excluding hydrogens is 313 g/mol. The lowest BCUT2D eigenvalue weighted by Crippen LogP contribution is -2.26. The highest BCUT2D eigenvalue weighted by Crippen LogP contribution is 2.14. The average molecular weight is 329 g/mol. The van der Waals surface area contributed by atoms with Crippen molar-refractivity contribution in [2.75, 3.05) is 6.54 Å². The van der Waals surface area contributed by atoms with Crippen LogP contribution in [0.3, 0.4) is 0 Å². The van der Waals surface area contributed by atoms with E-state index >= 15 is 0 Å². The van der Waals surface area contributed by atoms with Gasteiger partial charge in [-0.15, -0.1) is 10.2 Å². The fourth-order valence-electron chi connectivity index (χ4n) is 2.52. The standard InChI is InChI=1S/C16H16FN5O2/c1-9-7-11(8-10(2)13(9)17)15(23)18-4-3-12-20-21-14-16(24)19-5-6-22(12)14/h5-8H,3-4H2,1-2H3,(H,18,23)(H,19,24). The van der Waals surface area contributed by atoms with Gasteiger partial charge in [-0.25, -0.2) is 4.39 Å². The Kier molecular flexibility index (Phi) is 4.11. The first-order chi connectivity index (χ1) is 11.5.